The Bertz CT molecular complexity index is 935. The number of aryl methyl sites for hydroxylation is 2. The van der Waals surface area contributed by atoms with Crippen LogP contribution in [-0.4, -0.2) is 54.4 Å². The fourth-order valence-electron chi connectivity index (χ4n) is 3.29. The van der Waals surface area contributed by atoms with E-state index in [2.05, 4.69) is 0 Å². The van der Waals surface area contributed by atoms with E-state index in [1.807, 2.05) is 26.0 Å². The van der Waals surface area contributed by atoms with Crippen molar-refractivity contribution in [2.45, 2.75) is 20.0 Å². The number of amides is 2. The quantitative estimate of drug-likeness (QED) is 0.758. The van der Waals surface area contributed by atoms with E-state index in [1.54, 1.807) is 11.0 Å². The highest BCUT2D eigenvalue weighted by Crippen LogP contribution is 2.32. The van der Waals surface area contributed by atoms with Gasteiger partial charge in [-0.25, -0.2) is 0 Å². The van der Waals surface area contributed by atoms with E-state index >= 15 is 0 Å². The highest BCUT2D eigenvalue weighted by Gasteiger charge is 2.36. The van der Waals surface area contributed by atoms with E-state index in [4.69, 9.17) is 4.74 Å². The molecule has 1 fully saturated rings. The molecule has 1 heterocycles. The molecule has 2 aromatic rings. The standard InChI is InChI=1S/C22H23F3N2O3/c1-15-7-8-17(13-16(15)2)30-14-20(28)26-9-11-27(12-10-26)21(29)18-5-3-4-6-19(18)22(23,24)25/h3-8,13H,9-12,14H2,1-2H3. The monoisotopic (exact) mass is 420 g/mol. The Labute approximate surface area is 173 Å². The number of hydrogen-bond acceptors (Lipinski definition) is 3. The summed E-state index contributed by atoms with van der Waals surface area (Å²) in [7, 11) is 0. The van der Waals surface area contributed by atoms with Gasteiger partial charge in [0.2, 0.25) is 0 Å². The number of ether oxygens (including phenoxy) is 1. The van der Waals surface area contributed by atoms with Crippen molar-refractivity contribution in [1.29, 1.82) is 0 Å². The van der Waals surface area contributed by atoms with Gasteiger partial charge >= 0.3 is 6.18 Å². The first kappa shape index (κ1) is 21.7. The molecule has 5 nitrogen and oxygen atoms in total. The fourth-order valence-corrected chi connectivity index (χ4v) is 3.29. The van der Waals surface area contributed by atoms with Gasteiger partial charge in [-0.1, -0.05) is 18.2 Å². The van der Waals surface area contributed by atoms with Crippen LogP contribution >= 0.6 is 0 Å². The Morgan fingerprint density at radius 3 is 2.20 bits per heavy atom. The number of carbonyl (C=O) groups excluding carboxylic acids is 2. The lowest BCUT2D eigenvalue weighted by molar-refractivity contribution is -0.138. The minimum atomic E-state index is -4.60. The lowest BCUT2D eigenvalue weighted by atomic mass is 10.1. The SMILES string of the molecule is Cc1ccc(OCC(=O)N2CCN(C(=O)c3ccccc3C(F)(F)F)CC2)cc1C. The van der Waals surface area contributed by atoms with Crippen molar-refractivity contribution in [2.75, 3.05) is 32.8 Å². The minimum Gasteiger partial charge on any atom is -0.484 e. The molecule has 0 aliphatic carbocycles. The van der Waals surface area contributed by atoms with Crippen LogP contribution < -0.4 is 4.74 Å². The van der Waals surface area contributed by atoms with Crippen LogP contribution in [0.15, 0.2) is 42.5 Å². The third-order valence-electron chi connectivity index (χ3n) is 5.22. The maximum absolute atomic E-state index is 13.2. The average molecular weight is 420 g/mol. The van der Waals surface area contributed by atoms with Gasteiger partial charge in [0.05, 0.1) is 11.1 Å². The van der Waals surface area contributed by atoms with Crippen molar-refractivity contribution >= 4 is 11.8 Å². The van der Waals surface area contributed by atoms with Crippen molar-refractivity contribution in [3.05, 3.63) is 64.7 Å². The molecule has 0 unspecified atom stereocenters. The van der Waals surface area contributed by atoms with Crippen LogP contribution in [0.4, 0.5) is 13.2 Å². The maximum Gasteiger partial charge on any atom is 0.417 e. The predicted octanol–water partition coefficient (Wildman–Crippen LogP) is 3.69. The second-order valence-electron chi connectivity index (χ2n) is 7.25. The molecule has 0 radical (unpaired) electrons. The van der Waals surface area contributed by atoms with Gasteiger partial charge in [0.25, 0.3) is 11.8 Å². The van der Waals surface area contributed by atoms with Crippen molar-refractivity contribution in [2.24, 2.45) is 0 Å². The van der Waals surface area contributed by atoms with Gasteiger partial charge in [-0.3, -0.25) is 9.59 Å². The first-order valence-electron chi connectivity index (χ1n) is 9.60. The van der Waals surface area contributed by atoms with Gasteiger partial charge in [0.15, 0.2) is 6.61 Å². The van der Waals surface area contributed by atoms with Crippen LogP contribution in [-0.2, 0) is 11.0 Å². The maximum atomic E-state index is 13.2. The van der Waals surface area contributed by atoms with Gasteiger partial charge in [0, 0.05) is 26.2 Å². The Hall–Kier alpha value is -3.03. The Morgan fingerprint density at radius 1 is 0.933 bits per heavy atom. The highest BCUT2D eigenvalue weighted by molar-refractivity contribution is 5.96. The second kappa shape index (κ2) is 8.77. The molecule has 1 aliphatic rings. The summed E-state index contributed by atoms with van der Waals surface area (Å²) in [6.45, 7) is 4.63. The van der Waals surface area contributed by atoms with Crippen LogP contribution in [0.2, 0.25) is 0 Å². The van der Waals surface area contributed by atoms with Gasteiger partial charge in [-0.2, -0.15) is 13.2 Å². The summed E-state index contributed by atoms with van der Waals surface area (Å²) in [5.41, 5.74) is 0.867. The third-order valence-corrected chi connectivity index (χ3v) is 5.22. The van der Waals surface area contributed by atoms with Crippen molar-refractivity contribution in [3.8, 4) is 5.75 Å². The zero-order valence-electron chi connectivity index (χ0n) is 16.8. The molecule has 2 aromatic carbocycles. The molecule has 3 rings (SSSR count). The minimum absolute atomic E-state index is 0.132. The summed E-state index contributed by atoms with van der Waals surface area (Å²) < 4.78 is 45.1. The van der Waals surface area contributed by atoms with E-state index in [9.17, 15) is 22.8 Å². The molecule has 1 saturated heterocycles. The Balaban J connectivity index is 1.56. The zero-order chi connectivity index (χ0) is 21.9. The molecule has 2 amide bonds. The molecule has 0 spiro atoms. The first-order chi connectivity index (χ1) is 14.2. The van der Waals surface area contributed by atoms with E-state index < -0.39 is 17.6 Å². The summed E-state index contributed by atoms with van der Waals surface area (Å²) in [5.74, 6) is -0.304. The summed E-state index contributed by atoms with van der Waals surface area (Å²) >= 11 is 0. The van der Waals surface area contributed by atoms with Crippen molar-refractivity contribution in [1.82, 2.24) is 9.80 Å². The normalized spacial score (nSPS) is 14.6. The molecule has 0 aromatic heterocycles. The number of rotatable bonds is 4. The molecule has 30 heavy (non-hydrogen) atoms. The van der Waals surface area contributed by atoms with E-state index in [1.165, 1.54) is 23.1 Å². The molecular weight excluding hydrogens is 397 g/mol. The lowest BCUT2D eigenvalue weighted by Crippen LogP contribution is -2.51. The molecule has 0 atom stereocenters. The molecule has 8 heteroatoms. The van der Waals surface area contributed by atoms with Crippen LogP contribution in [0, 0.1) is 13.8 Å². The molecule has 1 aliphatic heterocycles. The largest absolute Gasteiger partial charge is 0.484 e. The first-order valence-corrected chi connectivity index (χ1v) is 9.60. The number of halogens is 3. The average Bonchev–Trinajstić information content (AvgIpc) is 2.73. The summed E-state index contributed by atoms with van der Waals surface area (Å²) in [4.78, 5) is 27.9. The molecule has 0 bridgehead atoms. The van der Waals surface area contributed by atoms with Gasteiger partial charge < -0.3 is 14.5 Å². The number of benzene rings is 2. The second-order valence-corrected chi connectivity index (χ2v) is 7.25. The smallest absolute Gasteiger partial charge is 0.417 e. The van der Waals surface area contributed by atoms with Crippen molar-refractivity contribution in [3.63, 3.8) is 0 Å². The fraction of sp³-hybridized carbons (Fsp3) is 0.364. The summed E-state index contributed by atoms with van der Waals surface area (Å²) in [6.07, 6.45) is -4.60. The van der Waals surface area contributed by atoms with Crippen molar-refractivity contribution < 1.29 is 27.5 Å². The van der Waals surface area contributed by atoms with Gasteiger partial charge in [-0.05, 0) is 49.2 Å². The molecule has 0 N–H and O–H groups in total. The van der Waals surface area contributed by atoms with Crippen LogP contribution in [0.3, 0.4) is 0 Å². The summed E-state index contributed by atoms with van der Waals surface area (Å²) in [5, 5.41) is 0. The number of nitrogens with zero attached hydrogens (tertiary/aromatic N) is 2. The van der Waals surface area contributed by atoms with E-state index in [-0.39, 0.29) is 44.3 Å². The van der Waals surface area contributed by atoms with E-state index in [0.29, 0.717) is 5.75 Å². The Morgan fingerprint density at radius 2 is 1.57 bits per heavy atom. The van der Waals surface area contributed by atoms with E-state index in [0.717, 1.165) is 17.2 Å². The number of hydrogen-bond donors (Lipinski definition) is 0. The number of alkyl halides is 3. The molecule has 0 saturated carbocycles. The van der Waals surface area contributed by atoms with Gasteiger partial charge in [0.1, 0.15) is 5.75 Å². The number of piperazine rings is 1. The highest BCUT2D eigenvalue weighted by atomic mass is 19.4. The van der Waals surface area contributed by atoms with Gasteiger partial charge in [-0.15, -0.1) is 0 Å². The topological polar surface area (TPSA) is 49.9 Å². The summed E-state index contributed by atoms with van der Waals surface area (Å²) in [6, 6.07) is 10.3. The van der Waals surface area contributed by atoms with Crippen LogP contribution in [0.1, 0.15) is 27.0 Å². The number of carbonyl (C=O) groups is 2. The van der Waals surface area contributed by atoms with Crippen LogP contribution in [0.5, 0.6) is 5.75 Å². The predicted molar refractivity (Wildman–Crippen MR) is 105 cm³/mol. The molecular formula is C22H23F3N2O3. The zero-order valence-corrected chi connectivity index (χ0v) is 16.8. The van der Waals surface area contributed by atoms with Crippen LogP contribution in [0.25, 0.3) is 0 Å². The molecule has 160 valence electrons. The third kappa shape index (κ3) is 4.93. The Kier molecular flexibility index (Phi) is 6.34. The lowest BCUT2D eigenvalue weighted by Gasteiger charge is -2.35.